The van der Waals surface area contributed by atoms with Gasteiger partial charge in [0.15, 0.2) is 5.11 Å². The number of aromatic nitrogens is 2. The van der Waals surface area contributed by atoms with E-state index in [2.05, 4.69) is 38.1 Å². The van der Waals surface area contributed by atoms with Crippen molar-refractivity contribution >= 4 is 40.6 Å². The minimum atomic E-state index is -0.393. The summed E-state index contributed by atoms with van der Waals surface area (Å²) in [5, 5.41) is 6.88. The lowest BCUT2D eigenvalue weighted by Crippen LogP contribution is -2.29. The fraction of sp³-hybridized carbons (Fsp3) is 0.226. The van der Waals surface area contributed by atoms with E-state index < -0.39 is 5.97 Å². The zero-order valence-electron chi connectivity index (χ0n) is 23.5. The average Bonchev–Trinajstić information content (AvgIpc) is 3.47. The van der Waals surface area contributed by atoms with Crippen molar-refractivity contribution in [1.82, 2.24) is 14.9 Å². The Morgan fingerprint density at radius 3 is 2.49 bits per heavy atom. The molecule has 4 aromatic rings. The van der Waals surface area contributed by atoms with Crippen molar-refractivity contribution < 1.29 is 19.1 Å². The van der Waals surface area contributed by atoms with Gasteiger partial charge >= 0.3 is 5.97 Å². The predicted molar refractivity (Wildman–Crippen MR) is 162 cm³/mol. The van der Waals surface area contributed by atoms with Gasteiger partial charge in [-0.25, -0.2) is 4.79 Å². The fourth-order valence-corrected chi connectivity index (χ4v) is 5.80. The van der Waals surface area contributed by atoms with Crippen LogP contribution in [-0.4, -0.2) is 40.8 Å². The molecular formula is C31H31N5O4S. The third-order valence-corrected chi connectivity index (χ3v) is 7.50. The summed E-state index contributed by atoms with van der Waals surface area (Å²) >= 11 is 5.91. The summed E-state index contributed by atoms with van der Waals surface area (Å²) in [5.74, 6) is -0.0533. The molecule has 2 atom stereocenters. The van der Waals surface area contributed by atoms with Crippen molar-refractivity contribution in [2.75, 3.05) is 24.4 Å². The van der Waals surface area contributed by atoms with Gasteiger partial charge in [-0.05, 0) is 86.2 Å². The van der Waals surface area contributed by atoms with Crippen LogP contribution >= 0.6 is 12.2 Å². The number of carbonyl (C=O) groups excluding carboxylic acids is 2. The largest absolute Gasteiger partial charge is 0.495 e. The molecule has 1 fully saturated rings. The van der Waals surface area contributed by atoms with Gasteiger partial charge in [0.25, 0.3) is 0 Å². The van der Waals surface area contributed by atoms with E-state index in [1.807, 2.05) is 61.5 Å². The van der Waals surface area contributed by atoms with Crippen LogP contribution in [0.3, 0.4) is 0 Å². The van der Waals surface area contributed by atoms with Gasteiger partial charge in [-0.15, -0.1) is 0 Å². The number of carbonyl (C=O) groups is 2. The lowest BCUT2D eigenvalue weighted by Gasteiger charge is -2.29. The molecule has 5 rings (SSSR count). The molecule has 0 aliphatic carbocycles. The Kier molecular flexibility index (Phi) is 7.76. The maximum Gasteiger partial charge on any atom is 0.337 e. The molecule has 41 heavy (non-hydrogen) atoms. The van der Waals surface area contributed by atoms with E-state index in [1.165, 1.54) is 14.0 Å². The van der Waals surface area contributed by atoms with E-state index in [4.69, 9.17) is 21.7 Å². The molecular weight excluding hydrogens is 538 g/mol. The Morgan fingerprint density at radius 2 is 1.80 bits per heavy atom. The van der Waals surface area contributed by atoms with E-state index in [-0.39, 0.29) is 18.0 Å². The summed E-state index contributed by atoms with van der Waals surface area (Å²) in [6.45, 7) is 5.54. The summed E-state index contributed by atoms with van der Waals surface area (Å²) in [4.78, 5) is 30.9. The van der Waals surface area contributed by atoms with Crippen LogP contribution in [0.4, 0.5) is 11.4 Å². The predicted octanol–water partition coefficient (Wildman–Crippen LogP) is 5.42. The monoisotopic (exact) mass is 569 g/mol. The number of thiocarbonyl (C=S) groups is 1. The number of benzene rings is 2. The van der Waals surface area contributed by atoms with Crippen LogP contribution in [0.15, 0.2) is 72.9 Å². The van der Waals surface area contributed by atoms with Gasteiger partial charge in [-0.3, -0.25) is 9.78 Å². The van der Waals surface area contributed by atoms with Gasteiger partial charge in [0, 0.05) is 35.9 Å². The molecule has 1 aliphatic heterocycles. The first-order valence-corrected chi connectivity index (χ1v) is 13.5. The maximum absolute atomic E-state index is 12.3. The molecule has 2 N–H and O–H groups in total. The zero-order valence-corrected chi connectivity index (χ0v) is 24.3. The van der Waals surface area contributed by atoms with Crippen molar-refractivity contribution in [2.45, 2.75) is 32.9 Å². The molecule has 0 saturated carbocycles. The van der Waals surface area contributed by atoms with Crippen LogP contribution in [0.5, 0.6) is 5.75 Å². The Labute approximate surface area is 244 Å². The van der Waals surface area contributed by atoms with Crippen LogP contribution in [-0.2, 0) is 9.53 Å². The number of ether oxygens (including phenoxy) is 2. The number of nitrogens with zero attached hydrogens (tertiary/aromatic N) is 3. The molecule has 210 valence electrons. The molecule has 3 heterocycles. The van der Waals surface area contributed by atoms with Gasteiger partial charge in [0.05, 0.1) is 43.2 Å². The number of rotatable bonds is 7. The third kappa shape index (κ3) is 5.26. The molecule has 0 unspecified atom stereocenters. The molecule has 1 aliphatic rings. The van der Waals surface area contributed by atoms with E-state index in [9.17, 15) is 9.59 Å². The summed E-state index contributed by atoms with van der Waals surface area (Å²) in [7, 11) is 2.93. The van der Waals surface area contributed by atoms with Crippen molar-refractivity contribution in [3.05, 3.63) is 101 Å². The number of hydrogen-bond donors (Lipinski definition) is 2. The first-order valence-electron chi connectivity index (χ1n) is 13.1. The SMILES string of the molecule is COC(=O)c1cccc(-n2c(C)cc([C@H]3[C@@H](c4ccccn4)NC(=S)N3c3ccc(OC)c(NC(C)=O)c3)c2C)c1. The molecule has 1 saturated heterocycles. The highest BCUT2D eigenvalue weighted by molar-refractivity contribution is 7.80. The number of aryl methyl sites for hydroxylation is 1. The lowest BCUT2D eigenvalue weighted by atomic mass is 9.96. The number of methoxy groups -OCH3 is 2. The molecule has 0 bridgehead atoms. The van der Waals surface area contributed by atoms with E-state index in [1.54, 1.807) is 19.4 Å². The second kappa shape index (κ2) is 11.4. The van der Waals surface area contributed by atoms with Crippen LogP contribution in [0.2, 0.25) is 0 Å². The molecule has 2 aromatic carbocycles. The smallest absolute Gasteiger partial charge is 0.337 e. The highest BCUT2D eigenvalue weighted by Crippen LogP contribution is 2.45. The van der Waals surface area contributed by atoms with Crippen LogP contribution in [0.25, 0.3) is 5.69 Å². The average molecular weight is 570 g/mol. The highest BCUT2D eigenvalue weighted by Gasteiger charge is 2.42. The quantitative estimate of drug-likeness (QED) is 0.225. The number of amides is 1. The number of hydrogen-bond acceptors (Lipinski definition) is 6. The first kappa shape index (κ1) is 27.9. The van der Waals surface area contributed by atoms with Crippen molar-refractivity contribution in [3.8, 4) is 11.4 Å². The zero-order chi connectivity index (χ0) is 29.3. The van der Waals surface area contributed by atoms with Crippen LogP contribution in [0.1, 0.15) is 52.0 Å². The van der Waals surface area contributed by atoms with Gasteiger partial charge in [0.2, 0.25) is 5.91 Å². The fourth-order valence-electron chi connectivity index (χ4n) is 5.46. The third-order valence-electron chi connectivity index (χ3n) is 7.18. The molecule has 10 heteroatoms. The summed E-state index contributed by atoms with van der Waals surface area (Å²) < 4.78 is 12.5. The molecule has 0 spiro atoms. The summed E-state index contributed by atoms with van der Waals surface area (Å²) in [5.41, 5.74) is 6.51. The van der Waals surface area contributed by atoms with Crippen LogP contribution < -0.4 is 20.3 Å². The number of nitrogens with one attached hydrogen (secondary N) is 2. The van der Waals surface area contributed by atoms with Crippen molar-refractivity contribution in [2.24, 2.45) is 0 Å². The minimum Gasteiger partial charge on any atom is -0.495 e. The van der Waals surface area contributed by atoms with E-state index in [0.717, 1.165) is 34.0 Å². The number of anilines is 2. The van der Waals surface area contributed by atoms with Gasteiger partial charge in [-0.1, -0.05) is 12.1 Å². The molecule has 0 radical (unpaired) electrons. The van der Waals surface area contributed by atoms with Crippen molar-refractivity contribution in [3.63, 3.8) is 0 Å². The normalized spacial score (nSPS) is 16.3. The molecule has 9 nitrogen and oxygen atoms in total. The number of pyridine rings is 1. The van der Waals surface area contributed by atoms with Crippen molar-refractivity contribution in [1.29, 1.82) is 0 Å². The summed E-state index contributed by atoms with van der Waals surface area (Å²) in [6.07, 6.45) is 1.77. The second-order valence-electron chi connectivity index (χ2n) is 9.77. The van der Waals surface area contributed by atoms with Gasteiger partial charge < -0.3 is 29.6 Å². The topological polar surface area (TPSA) is 97.7 Å². The Bertz CT molecular complexity index is 1630. The summed E-state index contributed by atoms with van der Waals surface area (Å²) in [6, 6.07) is 20.4. The molecule has 1 amide bonds. The van der Waals surface area contributed by atoms with Gasteiger partial charge in [-0.2, -0.15) is 0 Å². The number of esters is 1. The van der Waals surface area contributed by atoms with Crippen LogP contribution in [0, 0.1) is 13.8 Å². The van der Waals surface area contributed by atoms with Gasteiger partial charge in [0.1, 0.15) is 5.75 Å². The first-order chi connectivity index (χ1) is 19.7. The lowest BCUT2D eigenvalue weighted by molar-refractivity contribution is -0.114. The Balaban J connectivity index is 1.67. The van der Waals surface area contributed by atoms with E-state index >= 15 is 0 Å². The highest BCUT2D eigenvalue weighted by atomic mass is 32.1. The van der Waals surface area contributed by atoms with E-state index in [0.29, 0.717) is 22.1 Å². The second-order valence-corrected chi connectivity index (χ2v) is 10.2. The Morgan fingerprint density at radius 1 is 1.00 bits per heavy atom. The minimum absolute atomic E-state index is 0.205. The molecule has 2 aromatic heterocycles. The standard InChI is InChI=1S/C31H31N5O4S/c1-18-15-24(19(2)35(18)22-10-8-9-21(16-22)30(38)40-5)29-28(25-11-6-7-14-32-25)34-31(41)36(29)23-12-13-27(39-4)26(17-23)33-20(3)37/h6-17,28-29H,1-5H3,(H,33,37)(H,34,41)/t28-,29+/m1/s1. The maximum atomic E-state index is 12.3. The Hall–Kier alpha value is -4.70.